The molecule has 1 aliphatic heterocycles. The minimum Gasteiger partial charge on any atom is -0.379 e. The van der Waals surface area contributed by atoms with Crippen molar-refractivity contribution in [1.29, 1.82) is 0 Å². The molecule has 1 aromatic carbocycles. The van der Waals surface area contributed by atoms with E-state index in [0.29, 0.717) is 42.4 Å². The smallest absolute Gasteiger partial charge is 0.256 e. The molecule has 0 radical (unpaired) electrons. The number of carbonyl (C=O) groups excluding carboxylic acids is 1. The maximum Gasteiger partial charge on any atom is 0.256 e. The number of anilines is 1. The molecule has 1 unspecified atom stereocenters. The third-order valence-corrected chi connectivity index (χ3v) is 7.27. The summed E-state index contributed by atoms with van der Waals surface area (Å²) in [7, 11) is 1.77. The summed E-state index contributed by atoms with van der Waals surface area (Å²) in [5.41, 5.74) is 4.11. The highest BCUT2D eigenvalue weighted by Gasteiger charge is 2.44. The van der Waals surface area contributed by atoms with E-state index in [1.807, 2.05) is 25.1 Å². The Labute approximate surface area is 196 Å². The van der Waals surface area contributed by atoms with Crippen LogP contribution in [0.5, 0.6) is 0 Å². The molecule has 1 fully saturated rings. The molecule has 2 aliphatic rings. The summed E-state index contributed by atoms with van der Waals surface area (Å²) >= 11 is 0. The summed E-state index contributed by atoms with van der Waals surface area (Å²) in [5, 5.41) is 7.13. The number of amides is 1. The van der Waals surface area contributed by atoms with Crippen LogP contribution in [0.15, 0.2) is 18.2 Å². The Bertz CT molecular complexity index is 1200. The third kappa shape index (κ3) is 3.98. The van der Waals surface area contributed by atoms with E-state index in [-0.39, 0.29) is 24.8 Å². The standard InChI is InChI=1S/C24H30F2N6O2/c1-4-15-11-17-20(13-24(15,25)26)29-30-21(17)22-27-18-6-5-16(12-19(18)28-22)31(3)23(33)14(2)32-7-9-34-10-8-32/h5-6,12,14-15H,4,7-11,13H2,1-3H3,(H,27,28)(H,29,30)/t14-,15?/m0/s1. The Morgan fingerprint density at radius 3 is 2.85 bits per heavy atom. The molecule has 2 N–H and O–H groups in total. The number of aromatic nitrogens is 4. The number of morpholine rings is 1. The zero-order valence-corrected chi connectivity index (χ0v) is 19.7. The zero-order valence-electron chi connectivity index (χ0n) is 19.7. The average molecular weight is 473 g/mol. The van der Waals surface area contributed by atoms with Gasteiger partial charge in [-0.15, -0.1) is 0 Å². The fourth-order valence-electron chi connectivity index (χ4n) is 5.03. The molecule has 2 aromatic heterocycles. The summed E-state index contributed by atoms with van der Waals surface area (Å²) in [6.07, 6.45) is 0.347. The number of H-pyrrole nitrogens is 2. The zero-order chi connectivity index (χ0) is 24.0. The van der Waals surface area contributed by atoms with Gasteiger partial charge in [0.1, 0.15) is 5.69 Å². The van der Waals surface area contributed by atoms with Gasteiger partial charge in [0.15, 0.2) is 5.82 Å². The maximum absolute atomic E-state index is 14.4. The van der Waals surface area contributed by atoms with Crippen molar-refractivity contribution >= 4 is 22.6 Å². The lowest BCUT2D eigenvalue weighted by Gasteiger charge is -2.33. The lowest BCUT2D eigenvalue weighted by atomic mass is 9.81. The highest BCUT2D eigenvalue weighted by molar-refractivity contribution is 5.98. The first-order valence-electron chi connectivity index (χ1n) is 11.8. The van der Waals surface area contributed by atoms with E-state index in [9.17, 15) is 13.6 Å². The Morgan fingerprint density at radius 1 is 1.35 bits per heavy atom. The summed E-state index contributed by atoms with van der Waals surface area (Å²) in [5.74, 6) is -2.89. The summed E-state index contributed by atoms with van der Waals surface area (Å²) < 4.78 is 34.1. The van der Waals surface area contributed by atoms with Crippen LogP contribution in [0.4, 0.5) is 14.5 Å². The maximum atomic E-state index is 14.4. The first-order valence-corrected chi connectivity index (χ1v) is 11.8. The third-order valence-electron chi connectivity index (χ3n) is 7.27. The molecule has 0 bridgehead atoms. The number of alkyl halides is 2. The van der Waals surface area contributed by atoms with Crippen LogP contribution < -0.4 is 4.90 Å². The van der Waals surface area contributed by atoms with Crippen LogP contribution in [0.2, 0.25) is 0 Å². The molecule has 182 valence electrons. The molecule has 10 heteroatoms. The molecular weight excluding hydrogens is 442 g/mol. The topological polar surface area (TPSA) is 90.1 Å². The van der Waals surface area contributed by atoms with Gasteiger partial charge < -0.3 is 14.6 Å². The average Bonchev–Trinajstić information content (AvgIpc) is 3.44. The number of nitrogens with one attached hydrogen (secondary N) is 2. The van der Waals surface area contributed by atoms with E-state index < -0.39 is 11.8 Å². The Kier molecular flexibility index (Phi) is 5.89. The molecule has 34 heavy (non-hydrogen) atoms. The molecular formula is C24H30F2N6O2. The molecule has 3 heterocycles. The van der Waals surface area contributed by atoms with Gasteiger partial charge in [-0.05, 0) is 38.0 Å². The molecule has 0 saturated carbocycles. The van der Waals surface area contributed by atoms with E-state index in [2.05, 4.69) is 20.1 Å². The number of fused-ring (bicyclic) bond motifs is 2. The number of ether oxygens (including phenoxy) is 1. The number of imidazole rings is 1. The number of halogens is 2. The van der Waals surface area contributed by atoms with Gasteiger partial charge in [0.05, 0.1) is 36.7 Å². The molecule has 5 rings (SSSR count). The highest BCUT2D eigenvalue weighted by atomic mass is 19.3. The van der Waals surface area contributed by atoms with Crippen LogP contribution in [0.25, 0.3) is 22.6 Å². The van der Waals surface area contributed by atoms with Gasteiger partial charge in [-0.1, -0.05) is 6.92 Å². The van der Waals surface area contributed by atoms with Gasteiger partial charge in [-0.3, -0.25) is 14.8 Å². The molecule has 2 atom stereocenters. The van der Waals surface area contributed by atoms with Crippen LogP contribution in [0.1, 0.15) is 31.5 Å². The van der Waals surface area contributed by atoms with Crippen LogP contribution in [0, 0.1) is 5.92 Å². The van der Waals surface area contributed by atoms with Gasteiger partial charge in [-0.2, -0.15) is 5.10 Å². The number of nitrogens with zero attached hydrogens (tertiary/aromatic N) is 4. The Hall–Kier alpha value is -2.85. The number of rotatable bonds is 5. The van der Waals surface area contributed by atoms with Gasteiger partial charge in [-0.25, -0.2) is 13.8 Å². The van der Waals surface area contributed by atoms with Crippen LogP contribution in [0.3, 0.4) is 0 Å². The fraction of sp³-hybridized carbons (Fsp3) is 0.542. The SMILES string of the molecule is CCC1Cc2c(-c3nc4cc(N(C)C(=O)[C@H](C)N5CCOCC5)ccc4[nH]3)n[nH]c2CC1(F)F. The number of aromatic amines is 2. The van der Waals surface area contributed by atoms with E-state index in [1.54, 1.807) is 18.9 Å². The van der Waals surface area contributed by atoms with E-state index in [0.717, 1.165) is 29.9 Å². The van der Waals surface area contributed by atoms with Gasteiger partial charge in [0, 0.05) is 43.0 Å². The van der Waals surface area contributed by atoms with Crippen molar-refractivity contribution < 1.29 is 18.3 Å². The van der Waals surface area contributed by atoms with Gasteiger partial charge >= 0.3 is 0 Å². The van der Waals surface area contributed by atoms with Crippen LogP contribution in [-0.2, 0) is 22.4 Å². The number of likely N-dealkylation sites (N-methyl/N-ethyl adjacent to an activating group) is 1. The second-order valence-electron chi connectivity index (χ2n) is 9.28. The van der Waals surface area contributed by atoms with Gasteiger partial charge in [0.2, 0.25) is 5.91 Å². The second-order valence-corrected chi connectivity index (χ2v) is 9.28. The molecule has 8 nitrogen and oxygen atoms in total. The number of hydrogen-bond acceptors (Lipinski definition) is 5. The normalized spacial score (nSPS) is 21.4. The van der Waals surface area contributed by atoms with Gasteiger partial charge in [0.25, 0.3) is 5.92 Å². The number of benzene rings is 1. The van der Waals surface area contributed by atoms with Crippen molar-refractivity contribution in [2.45, 2.75) is 45.1 Å². The van der Waals surface area contributed by atoms with E-state index in [1.165, 1.54) is 0 Å². The predicted molar refractivity (Wildman–Crippen MR) is 125 cm³/mol. The van der Waals surface area contributed by atoms with E-state index >= 15 is 0 Å². The lowest BCUT2D eigenvalue weighted by molar-refractivity contribution is -0.124. The molecule has 3 aromatic rings. The fourth-order valence-corrected chi connectivity index (χ4v) is 5.03. The summed E-state index contributed by atoms with van der Waals surface area (Å²) in [6.45, 7) is 6.46. The minimum absolute atomic E-state index is 0.00455. The van der Waals surface area contributed by atoms with E-state index in [4.69, 9.17) is 9.72 Å². The van der Waals surface area contributed by atoms with Crippen molar-refractivity contribution in [2.75, 3.05) is 38.3 Å². The Morgan fingerprint density at radius 2 is 2.12 bits per heavy atom. The number of carbonyl (C=O) groups is 1. The molecule has 1 aliphatic carbocycles. The second kappa shape index (κ2) is 8.74. The first kappa shape index (κ1) is 22.9. The van der Waals surface area contributed by atoms with Crippen molar-refractivity contribution in [3.05, 3.63) is 29.5 Å². The van der Waals surface area contributed by atoms with Crippen LogP contribution in [-0.4, -0.2) is 76.3 Å². The largest absolute Gasteiger partial charge is 0.379 e. The first-order chi connectivity index (χ1) is 16.3. The molecule has 1 saturated heterocycles. The molecule has 0 spiro atoms. The Balaban J connectivity index is 1.40. The van der Waals surface area contributed by atoms with Crippen molar-refractivity contribution in [3.63, 3.8) is 0 Å². The molecule has 1 amide bonds. The predicted octanol–water partition coefficient (Wildman–Crippen LogP) is 3.40. The monoisotopic (exact) mass is 472 g/mol. The van der Waals surface area contributed by atoms with Crippen molar-refractivity contribution in [1.82, 2.24) is 25.1 Å². The van der Waals surface area contributed by atoms with Crippen molar-refractivity contribution in [3.8, 4) is 11.5 Å². The van der Waals surface area contributed by atoms with Crippen LogP contribution >= 0.6 is 0 Å². The quantitative estimate of drug-likeness (QED) is 0.594. The highest BCUT2D eigenvalue weighted by Crippen LogP contribution is 2.41. The number of hydrogen-bond donors (Lipinski definition) is 2. The summed E-state index contributed by atoms with van der Waals surface area (Å²) in [6, 6.07) is 5.37. The lowest BCUT2D eigenvalue weighted by Crippen LogP contribution is -2.50. The summed E-state index contributed by atoms with van der Waals surface area (Å²) in [4.78, 5) is 24.8. The van der Waals surface area contributed by atoms with Crippen molar-refractivity contribution in [2.24, 2.45) is 5.92 Å². The minimum atomic E-state index is -2.73.